The molecule has 0 spiro atoms. The molecule has 1 aliphatic heterocycles. The number of fused-ring (bicyclic) bond motifs is 5. The molecule has 5 rings (SSSR count). The molecule has 0 radical (unpaired) electrons. The Morgan fingerprint density at radius 3 is 2.56 bits per heavy atom. The van der Waals surface area contributed by atoms with Crippen molar-refractivity contribution in [3.05, 3.63) is 59.2 Å². The number of ether oxygens (including phenoxy) is 1. The zero-order valence-electron chi connectivity index (χ0n) is 18.3. The Hall–Kier alpha value is -3.28. The molecule has 2 heterocycles. The van der Waals surface area contributed by atoms with Gasteiger partial charge in [-0.2, -0.15) is 0 Å². The van der Waals surface area contributed by atoms with Crippen molar-refractivity contribution in [2.75, 3.05) is 13.7 Å². The molecule has 6 nitrogen and oxygen atoms in total. The number of nitrogens with zero attached hydrogens (tertiary/aromatic N) is 2. The highest BCUT2D eigenvalue weighted by atomic mass is 16.5. The predicted molar refractivity (Wildman–Crippen MR) is 123 cm³/mol. The third kappa shape index (κ3) is 3.44. The van der Waals surface area contributed by atoms with Crippen molar-refractivity contribution in [2.24, 2.45) is 0 Å². The largest absolute Gasteiger partial charge is 0.465 e. The number of benzene rings is 2. The Morgan fingerprint density at radius 1 is 1.03 bits per heavy atom. The molecule has 1 fully saturated rings. The summed E-state index contributed by atoms with van der Waals surface area (Å²) >= 11 is 0. The van der Waals surface area contributed by atoms with Gasteiger partial charge in [-0.25, -0.2) is 9.59 Å². The van der Waals surface area contributed by atoms with Gasteiger partial charge in [0.2, 0.25) is 0 Å². The van der Waals surface area contributed by atoms with E-state index < -0.39 is 6.09 Å². The highest BCUT2D eigenvalue weighted by Gasteiger charge is 2.30. The molecule has 1 aromatic heterocycles. The van der Waals surface area contributed by atoms with Crippen LogP contribution in [0, 0.1) is 0 Å². The van der Waals surface area contributed by atoms with E-state index in [0.717, 1.165) is 34.9 Å². The SMILES string of the molecule is COC(=O)c1ccc2c(C3CCCCC3)c3n(c2c1)CCN(C(=O)O)Cc1ccccc1-3. The number of hydrogen-bond donors (Lipinski definition) is 1. The van der Waals surface area contributed by atoms with Gasteiger partial charge in [0, 0.05) is 36.1 Å². The molecule has 1 aliphatic carbocycles. The Labute approximate surface area is 187 Å². The van der Waals surface area contributed by atoms with Crippen LogP contribution >= 0.6 is 0 Å². The number of methoxy groups -OCH3 is 1. The predicted octanol–water partition coefficient (Wildman–Crippen LogP) is 5.64. The summed E-state index contributed by atoms with van der Waals surface area (Å²) in [5.74, 6) is 0.106. The molecule has 0 atom stereocenters. The second-order valence-corrected chi connectivity index (χ2v) is 8.83. The monoisotopic (exact) mass is 432 g/mol. The van der Waals surface area contributed by atoms with E-state index in [2.05, 4.69) is 16.7 Å². The van der Waals surface area contributed by atoms with Gasteiger partial charge in [0.05, 0.1) is 18.4 Å². The van der Waals surface area contributed by atoms with Crippen molar-refractivity contribution < 1.29 is 19.4 Å². The van der Waals surface area contributed by atoms with E-state index in [1.807, 2.05) is 30.3 Å². The fraction of sp³-hybridized carbons (Fsp3) is 0.385. The van der Waals surface area contributed by atoms with Crippen molar-refractivity contribution in [3.63, 3.8) is 0 Å². The number of esters is 1. The minimum Gasteiger partial charge on any atom is -0.465 e. The van der Waals surface area contributed by atoms with Crippen LogP contribution in [-0.2, 0) is 17.8 Å². The zero-order chi connectivity index (χ0) is 22.2. The molecule has 0 unspecified atom stereocenters. The molecule has 3 aromatic rings. The van der Waals surface area contributed by atoms with Crippen molar-refractivity contribution in [2.45, 2.75) is 51.1 Å². The molecule has 0 bridgehead atoms. The lowest BCUT2D eigenvalue weighted by Crippen LogP contribution is -2.33. The number of hydrogen-bond acceptors (Lipinski definition) is 3. The first-order valence-corrected chi connectivity index (χ1v) is 11.4. The lowest BCUT2D eigenvalue weighted by molar-refractivity contribution is 0.0601. The molecular formula is C26H28N2O4. The molecular weight excluding hydrogens is 404 g/mol. The Bertz CT molecular complexity index is 1190. The summed E-state index contributed by atoms with van der Waals surface area (Å²) in [7, 11) is 1.39. The van der Waals surface area contributed by atoms with Gasteiger partial charge in [-0.05, 0) is 42.0 Å². The average Bonchev–Trinajstić information content (AvgIpc) is 3.13. The summed E-state index contributed by atoms with van der Waals surface area (Å²) in [5.41, 5.74) is 6.15. The molecule has 2 aromatic carbocycles. The van der Waals surface area contributed by atoms with E-state index in [4.69, 9.17) is 4.74 Å². The maximum absolute atomic E-state index is 12.3. The number of aromatic nitrogens is 1. The van der Waals surface area contributed by atoms with Crippen molar-refractivity contribution in [1.29, 1.82) is 0 Å². The second-order valence-electron chi connectivity index (χ2n) is 8.83. The normalized spacial score (nSPS) is 16.7. The smallest absolute Gasteiger partial charge is 0.407 e. The highest BCUT2D eigenvalue weighted by Crippen LogP contribution is 2.45. The average molecular weight is 433 g/mol. The zero-order valence-corrected chi connectivity index (χ0v) is 18.3. The Balaban J connectivity index is 1.80. The van der Waals surface area contributed by atoms with Crippen molar-refractivity contribution in [1.82, 2.24) is 9.47 Å². The first-order chi connectivity index (χ1) is 15.6. The summed E-state index contributed by atoms with van der Waals surface area (Å²) in [6.45, 7) is 1.32. The van der Waals surface area contributed by atoms with Gasteiger partial charge in [-0.3, -0.25) is 0 Å². The van der Waals surface area contributed by atoms with Crippen molar-refractivity contribution in [3.8, 4) is 11.3 Å². The van der Waals surface area contributed by atoms with Gasteiger partial charge in [-0.15, -0.1) is 0 Å². The summed E-state index contributed by atoms with van der Waals surface area (Å²) in [4.78, 5) is 25.6. The fourth-order valence-corrected chi connectivity index (χ4v) is 5.51. The van der Waals surface area contributed by atoms with Crippen LogP contribution in [0.3, 0.4) is 0 Å². The number of carboxylic acid groups (broad SMARTS) is 1. The van der Waals surface area contributed by atoms with Gasteiger partial charge < -0.3 is 19.3 Å². The van der Waals surface area contributed by atoms with Gasteiger partial charge in [-0.1, -0.05) is 49.6 Å². The quantitative estimate of drug-likeness (QED) is 0.532. The van der Waals surface area contributed by atoms with E-state index in [0.29, 0.717) is 31.1 Å². The van der Waals surface area contributed by atoms with Crippen LogP contribution in [0.2, 0.25) is 0 Å². The molecule has 1 amide bonds. The molecule has 2 aliphatic rings. The molecule has 166 valence electrons. The molecule has 1 saturated carbocycles. The maximum atomic E-state index is 12.3. The van der Waals surface area contributed by atoms with Crippen LogP contribution in [0.25, 0.3) is 22.2 Å². The number of carbonyl (C=O) groups excluding carboxylic acids is 1. The van der Waals surface area contributed by atoms with E-state index in [1.54, 1.807) is 0 Å². The first-order valence-electron chi connectivity index (χ1n) is 11.4. The van der Waals surface area contributed by atoms with E-state index >= 15 is 0 Å². The lowest BCUT2D eigenvalue weighted by Gasteiger charge is -2.28. The molecule has 0 saturated heterocycles. The van der Waals surface area contributed by atoms with Crippen LogP contribution in [0.5, 0.6) is 0 Å². The minimum absolute atomic E-state index is 0.361. The van der Waals surface area contributed by atoms with Gasteiger partial charge in [0.25, 0.3) is 0 Å². The van der Waals surface area contributed by atoms with Crippen LogP contribution in [0.15, 0.2) is 42.5 Å². The second kappa shape index (κ2) is 8.34. The standard InChI is InChI=1S/C26H28N2O4/c1-32-25(29)18-11-12-21-22(15-18)28-14-13-27(26(30)31)16-19-9-5-6-10-20(19)24(28)23(21)17-7-3-2-4-8-17/h5-6,9-12,15,17H,2-4,7-8,13-14,16H2,1H3,(H,30,31). The third-order valence-electron chi connectivity index (χ3n) is 7.04. The minimum atomic E-state index is -0.914. The van der Waals surface area contributed by atoms with Crippen LogP contribution in [0.4, 0.5) is 4.79 Å². The van der Waals surface area contributed by atoms with Crippen LogP contribution in [0.1, 0.15) is 59.5 Å². The first kappa shape index (κ1) is 20.6. The molecule has 6 heteroatoms. The van der Waals surface area contributed by atoms with Crippen molar-refractivity contribution >= 4 is 23.0 Å². The maximum Gasteiger partial charge on any atom is 0.407 e. The third-order valence-corrected chi connectivity index (χ3v) is 7.04. The molecule has 1 N–H and O–H groups in total. The van der Waals surface area contributed by atoms with Crippen LogP contribution < -0.4 is 0 Å². The summed E-state index contributed by atoms with van der Waals surface area (Å²) in [5, 5.41) is 10.9. The Kier molecular flexibility index (Phi) is 5.37. The fourth-order valence-electron chi connectivity index (χ4n) is 5.51. The number of carbonyl (C=O) groups is 2. The van der Waals surface area contributed by atoms with Gasteiger partial charge in [0.15, 0.2) is 0 Å². The molecule has 32 heavy (non-hydrogen) atoms. The van der Waals surface area contributed by atoms with E-state index in [1.165, 1.54) is 42.5 Å². The highest BCUT2D eigenvalue weighted by molar-refractivity contribution is 5.99. The number of amides is 1. The lowest BCUT2D eigenvalue weighted by atomic mass is 9.81. The van der Waals surface area contributed by atoms with Crippen LogP contribution in [-0.4, -0.2) is 40.3 Å². The summed E-state index contributed by atoms with van der Waals surface area (Å²) < 4.78 is 7.20. The number of rotatable bonds is 2. The Morgan fingerprint density at radius 2 is 1.81 bits per heavy atom. The van der Waals surface area contributed by atoms with E-state index in [-0.39, 0.29) is 5.97 Å². The van der Waals surface area contributed by atoms with Gasteiger partial charge in [0.1, 0.15) is 0 Å². The summed E-state index contributed by atoms with van der Waals surface area (Å²) in [6, 6.07) is 14.0. The van der Waals surface area contributed by atoms with E-state index in [9.17, 15) is 14.7 Å². The van der Waals surface area contributed by atoms with Gasteiger partial charge >= 0.3 is 12.1 Å². The summed E-state index contributed by atoms with van der Waals surface area (Å²) in [6.07, 6.45) is 5.14. The topological polar surface area (TPSA) is 71.8 Å².